The average molecular weight is 139 g/mol. The van der Waals surface area contributed by atoms with E-state index in [-0.39, 0.29) is 0 Å². The summed E-state index contributed by atoms with van der Waals surface area (Å²) in [5, 5.41) is 3.18. The molecule has 10 heavy (non-hydrogen) atoms. The van der Waals surface area contributed by atoms with E-state index in [0.717, 1.165) is 25.3 Å². The maximum absolute atomic E-state index is 4.88. The minimum absolute atomic E-state index is 0.754. The Morgan fingerprint density at radius 1 is 1.80 bits per heavy atom. The quantitative estimate of drug-likeness (QED) is 0.632. The lowest BCUT2D eigenvalue weighted by molar-refractivity contribution is 0.472. The highest BCUT2D eigenvalue weighted by Gasteiger charge is 1.93. The molecule has 1 N–H and O–H groups in total. The van der Waals surface area contributed by atoms with Gasteiger partial charge >= 0.3 is 0 Å². The Morgan fingerprint density at radius 3 is 3.30 bits per heavy atom. The molecule has 0 bridgehead atoms. The van der Waals surface area contributed by atoms with Crippen LogP contribution in [-0.4, -0.2) is 11.5 Å². The van der Waals surface area contributed by atoms with Gasteiger partial charge in [0.15, 0.2) is 0 Å². The first kappa shape index (κ1) is 7.28. The van der Waals surface area contributed by atoms with Crippen molar-refractivity contribution in [2.24, 2.45) is 0 Å². The first-order valence-electron chi connectivity index (χ1n) is 3.45. The molecule has 3 nitrogen and oxygen atoms in total. The predicted octanol–water partition coefficient (Wildman–Crippen LogP) is 0.974. The Morgan fingerprint density at radius 2 is 2.70 bits per heavy atom. The van der Waals surface area contributed by atoms with Crippen LogP contribution in [0, 0.1) is 6.39 Å². The van der Waals surface area contributed by atoms with Crippen LogP contribution in [0.15, 0.2) is 10.6 Å². The fourth-order valence-electron chi connectivity index (χ4n) is 0.680. The Balaban J connectivity index is 2.15. The van der Waals surface area contributed by atoms with Crippen molar-refractivity contribution >= 4 is 0 Å². The number of rotatable bonds is 4. The van der Waals surface area contributed by atoms with Gasteiger partial charge in [0.1, 0.15) is 5.76 Å². The number of nitrogens with one attached hydrogen (secondary N) is 1. The largest absolute Gasteiger partial charge is 0.436 e. The molecule has 0 atom stereocenters. The van der Waals surface area contributed by atoms with E-state index in [1.807, 2.05) is 0 Å². The van der Waals surface area contributed by atoms with Crippen molar-refractivity contribution in [3.05, 3.63) is 18.4 Å². The molecule has 1 radical (unpaired) electrons. The molecular formula is C7H11N2O. The predicted molar refractivity (Wildman–Crippen MR) is 37.3 cm³/mol. The Hall–Kier alpha value is -0.830. The van der Waals surface area contributed by atoms with Gasteiger partial charge in [0.05, 0.1) is 12.7 Å². The highest BCUT2D eigenvalue weighted by molar-refractivity contribution is 4.86. The molecule has 1 aromatic heterocycles. The number of hydrogen-bond donors (Lipinski definition) is 1. The molecule has 0 saturated heterocycles. The molecule has 0 aliphatic rings. The van der Waals surface area contributed by atoms with Gasteiger partial charge in [0.25, 0.3) is 6.39 Å². The molecular weight excluding hydrogens is 128 g/mol. The molecule has 0 aliphatic carbocycles. The zero-order valence-electron chi connectivity index (χ0n) is 6.05. The summed E-state index contributed by atoms with van der Waals surface area (Å²) in [6, 6.07) is 0. The molecule has 3 heteroatoms. The first-order valence-corrected chi connectivity index (χ1v) is 3.45. The van der Waals surface area contributed by atoms with E-state index in [9.17, 15) is 0 Å². The summed E-state index contributed by atoms with van der Waals surface area (Å²) in [7, 11) is 0. The minimum atomic E-state index is 0.754. The number of oxazole rings is 1. The summed E-state index contributed by atoms with van der Waals surface area (Å²) in [4.78, 5) is 3.67. The van der Waals surface area contributed by atoms with Gasteiger partial charge in [0, 0.05) is 0 Å². The molecule has 1 aromatic rings. The lowest BCUT2D eigenvalue weighted by atomic mass is 10.4. The average Bonchev–Trinajstić information content (AvgIpc) is 2.41. The van der Waals surface area contributed by atoms with Crippen LogP contribution < -0.4 is 5.32 Å². The van der Waals surface area contributed by atoms with Crippen LogP contribution in [0.25, 0.3) is 0 Å². The van der Waals surface area contributed by atoms with Crippen molar-refractivity contribution in [3.63, 3.8) is 0 Å². The lowest BCUT2D eigenvalue weighted by Crippen LogP contribution is -2.12. The van der Waals surface area contributed by atoms with Crippen LogP contribution in [0.4, 0.5) is 0 Å². The van der Waals surface area contributed by atoms with E-state index in [4.69, 9.17) is 4.42 Å². The normalized spacial score (nSPS) is 10.1. The van der Waals surface area contributed by atoms with E-state index in [0.29, 0.717) is 0 Å². The lowest BCUT2D eigenvalue weighted by Gasteiger charge is -1.96. The fraction of sp³-hybridized carbons (Fsp3) is 0.571. The number of hydrogen-bond acceptors (Lipinski definition) is 3. The molecule has 1 heterocycles. The minimum Gasteiger partial charge on any atom is -0.436 e. The van der Waals surface area contributed by atoms with Crippen molar-refractivity contribution in [2.75, 3.05) is 6.54 Å². The van der Waals surface area contributed by atoms with Crippen LogP contribution in [0.5, 0.6) is 0 Å². The smallest absolute Gasteiger partial charge is 0.283 e. The van der Waals surface area contributed by atoms with Crippen LogP contribution in [0.1, 0.15) is 19.1 Å². The van der Waals surface area contributed by atoms with Gasteiger partial charge in [-0.1, -0.05) is 6.92 Å². The number of nitrogens with zero attached hydrogens (tertiary/aromatic N) is 1. The highest BCUT2D eigenvalue weighted by Crippen LogP contribution is 1.93. The highest BCUT2D eigenvalue weighted by atomic mass is 16.3. The Labute approximate surface area is 60.5 Å². The van der Waals surface area contributed by atoms with Crippen molar-refractivity contribution in [1.29, 1.82) is 0 Å². The van der Waals surface area contributed by atoms with Gasteiger partial charge in [-0.3, -0.25) is 0 Å². The standard InChI is InChI=1S/C7H11N2O/c1-2-3-8-4-7-5-9-6-10-7/h5,8H,2-4H2,1H3. The van der Waals surface area contributed by atoms with Crippen LogP contribution in [0.3, 0.4) is 0 Å². The fourth-order valence-corrected chi connectivity index (χ4v) is 0.680. The van der Waals surface area contributed by atoms with Gasteiger partial charge < -0.3 is 9.73 Å². The van der Waals surface area contributed by atoms with E-state index in [1.165, 1.54) is 0 Å². The van der Waals surface area contributed by atoms with Gasteiger partial charge in [-0.2, -0.15) is 0 Å². The second-order valence-electron chi connectivity index (χ2n) is 2.09. The zero-order chi connectivity index (χ0) is 7.23. The SMILES string of the molecule is CCCNCc1cn[c]o1. The van der Waals surface area contributed by atoms with Crippen LogP contribution in [0.2, 0.25) is 0 Å². The van der Waals surface area contributed by atoms with Crippen LogP contribution in [-0.2, 0) is 6.54 Å². The first-order chi connectivity index (χ1) is 4.93. The van der Waals surface area contributed by atoms with Gasteiger partial charge in [-0.05, 0) is 13.0 Å². The second kappa shape index (κ2) is 4.06. The summed E-state index contributed by atoms with van der Waals surface area (Å²) < 4.78 is 4.88. The second-order valence-corrected chi connectivity index (χ2v) is 2.09. The molecule has 0 unspecified atom stereocenters. The van der Waals surface area contributed by atoms with Gasteiger partial charge in [0.2, 0.25) is 0 Å². The zero-order valence-corrected chi connectivity index (χ0v) is 6.05. The van der Waals surface area contributed by atoms with E-state index in [2.05, 4.69) is 23.6 Å². The third kappa shape index (κ3) is 2.19. The molecule has 55 valence electrons. The van der Waals surface area contributed by atoms with Gasteiger partial charge in [-0.25, -0.2) is 4.98 Å². The molecule has 0 saturated carbocycles. The molecule has 0 amide bonds. The van der Waals surface area contributed by atoms with Crippen LogP contribution >= 0.6 is 0 Å². The summed E-state index contributed by atoms with van der Waals surface area (Å²) in [5.41, 5.74) is 0. The molecule has 0 fully saturated rings. The number of aromatic nitrogens is 1. The molecule has 0 spiro atoms. The van der Waals surface area contributed by atoms with E-state index < -0.39 is 0 Å². The van der Waals surface area contributed by atoms with E-state index in [1.54, 1.807) is 6.20 Å². The van der Waals surface area contributed by atoms with Crippen molar-refractivity contribution in [2.45, 2.75) is 19.9 Å². The summed E-state index contributed by atoms with van der Waals surface area (Å²) in [6.45, 7) is 3.89. The van der Waals surface area contributed by atoms with Crippen molar-refractivity contribution < 1.29 is 4.42 Å². The topological polar surface area (TPSA) is 38.1 Å². The maximum atomic E-state index is 4.88. The Kier molecular flexibility index (Phi) is 2.96. The molecule has 0 aromatic carbocycles. The summed E-state index contributed by atoms with van der Waals surface area (Å²) in [6.07, 6.45) is 5.20. The molecule has 1 rings (SSSR count). The monoisotopic (exact) mass is 139 g/mol. The third-order valence-corrected chi connectivity index (χ3v) is 1.16. The summed E-state index contributed by atoms with van der Waals surface area (Å²) >= 11 is 0. The summed E-state index contributed by atoms with van der Waals surface area (Å²) in [5.74, 6) is 0.841. The maximum Gasteiger partial charge on any atom is 0.283 e. The Bertz CT molecular complexity index is 160. The van der Waals surface area contributed by atoms with Crippen molar-refractivity contribution in [3.8, 4) is 0 Å². The third-order valence-electron chi connectivity index (χ3n) is 1.16. The molecule has 0 aliphatic heterocycles. The van der Waals surface area contributed by atoms with Crippen molar-refractivity contribution in [1.82, 2.24) is 10.3 Å². The van der Waals surface area contributed by atoms with E-state index >= 15 is 0 Å². The van der Waals surface area contributed by atoms with Gasteiger partial charge in [-0.15, -0.1) is 0 Å².